The number of rotatable bonds is 5. The van der Waals surface area contributed by atoms with Crippen molar-refractivity contribution in [2.24, 2.45) is 0 Å². The van der Waals surface area contributed by atoms with E-state index in [9.17, 15) is 4.79 Å². The van der Waals surface area contributed by atoms with E-state index in [2.05, 4.69) is 55.2 Å². The van der Waals surface area contributed by atoms with Crippen molar-refractivity contribution in [3.63, 3.8) is 0 Å². The van der Waals surface area contributed by atoms with Crippen LogP contribution in [-0.2, 0) is 10.2 Å². The van der Waals surface area contributed by atoms with Gasteiger partial charge in [-0.25, -0.2) is 0 Å². The Balaban J connectivity index is 1.66. The van der Waals surface area contributed by atoms with E-state index < -0.39 is 0 Å². The van der Waals surface area contributed by atoms with E-state index in [4.69, 9.17) is 0 Å². The molecule has 0 saturated carbocycles. The van der Waals surface area contributed by atoms with Crippen molar-refractivity contribution in [3.8, 4) is 17.1 Å². The van der Waals surface area contributed by atoms with Gasteiger partial charge in [-0.3, -0.25) is 9.36 Å². The van der Waals surface area contributed by atoms with Crippen molar-refractivity contribution in [3.05, 3.63) is 60.2 Å². The maximum Gasteiger partial charge on any atom is 0.233 e. The van der Waals surface area contributed by atoms with Gasteiger partial charge in [0.1, 0.15) is 0 Å². The highest BCUT2D eigenvalue weighted by atomic mass is 32.2. The van der Waals surface area contributed by atoms with Crippen LogP contribution in [0, 0.1) is 0 Å². The monoisotopic (exact) mass is 406 g/mol. The normalized spacial score (nSPS) is 14.0. The molecule has 5 nitrogen and oxygen atoms in total. The smallest absolute Gasteiger partial charge is 0.233 e. The molecule has 1 aliphatic heterocycles. The van der Waals surface area contributed by atoms with Crippen LogP contribution >= 0.6 is 11.8 Å². The number of benzene rings is 2. The highest BCUT2D eigenvalue weighted by molar-refractivity contribution is 7.99. The van der Waals surface area contributed by atoms with Crippen molar-refractivity contribution in [2.45, 2.75) is 37.8 Å². The summed E-state index contributed by atoms with van der Waals surface area (Å²) in [5.41, 5.74) is 3.38. The van der Waals surface area contributed by atoms with Crippen LogP contribution in [0.15, 0.2) is 59.8 Å². The second-order valence-corrected chi connectivity index (χ2v) is 9.27. The van der Waals surface area contributed by atoms with Crippen LogP contribution in [0.4, 0.5) is 0 Å². The van der Waals surface area contributed by atoms with Crippen molar-refractivity contribution in [1.82, 2.24) is 19.7 Å². The fourth-order valence-corrected chi connectivity index (χ4v) is 4.12. The molecule has 2 aromatic carbocycles. The van der Waals surface area contributed by atoms with Gasteiger partial charge in [0.2, 0.25) is 5.91 Å². The van der Waals surface area contributed by atoms with E-state index in [1.54, 1.807) is 0 Å². The topological polar surface area (TPSA) is 51.0 Å². The molecule has 1 aromatic heterocycles. The Labute approximate surface area is 176 Å². The van der Waals surface area contributed by atoms with Crippen molar-refractivity contribution in [2.75, 3.05) is 18.8 Å². The lowest BCUT2D eigenvalue weighted by atomic mass is 9.87. The van der Waals surface area contributed by atoms with E-state index in [1.165, 1.54) is 17.3 Å². The highest BCUT2D eigenvalue weighted by Gasteiger charge is 2.22. The fraction of sp³-hybridized carbons (Fsp3) is 0.348. The van der Waals surface area contributed by atoms with Gasteiger partial charge in [0.05, 0.1) is 5.75 Å². The quantitative estimate of drug-likeness (QED) is 0.583. The summed E-state index contributed by atoms with van der Waals surface area (Å²) >= 11 is 1.45. The summed E-state index contributed by atoms with van der Waals surface area (Å²) in [5.74, 6) is 1.34. The molecule has 0 bridgehead atoms. The van der Waals surface area contributed by atoms with E-state index >= 15 is 0 Å². The molecule has 6 heteroatoms. The van der Waals surface area contributed by atoms with Gasteiger partial charge in [-0.15, -0.1) is 10.2 Å². The third kappa shape index (κ3) is 4.22. The van der Waals surface area contributed by atoms with E-state index in [0.29, 0.717) is 5.75 Å². The molecule has 0 spiro atoms. The van der Waals surface area contributed by atoms with Crippen LogP contribution in [0.1, 0.15) is 32.8 Å². The molecule has 29 heavy (non-hydrogen) atoms. The number of amides is 1. The Morgan fingerprint density at radius 2 is 1.69 bits per heavy atom. The third-order valence-corrected chi connectivity index (χ3v) is 6.10. The predicted octanol–water partition coefficient (Wildman–Crippen LogP) is 4.56. The number of hydrogen-bond acceptors (Lipinski definition) is 4. The summed E-state index contributed by atoms with van der Waals surface area (Å²) in [6.07, 6.45) is 1.10. The summed E-state index contributed by atoms with van der Waals surface area (Å²) < 4.78 is 2.04. The van der Waals surface area contributed by atoms with Gasteiger partial charge in [0.15, 0.2) is 11.0 Å². The molecule has 0 aliphatic carbocycles. The zero-order valence-electron chi connectivity index (χ0n) is 17.1. The molecule has 4 rings (SSSR count). The van der Waals surface area contributed by atoms with Gasteiger partial charge in [-0.05, 0) is 29.5 Å². The molecule has 1 fully saturated rings. The molecule has 0 atom stereocenters. The Kier molecular flexibility index (Phi) is 5.46. The van der Waals surface area contributed by atoms with E-state index in [1.807, 2.05) is 39.8 Å². The molecule has 150 valence electrons. The van der Waals surface area contributed by atoms with E-state index in [0.717, 1.165) is 41.7 Å². The lowest BCUT2D eigenvalue weighted by molar-refractivity contribution is -0.131. The number of carbonyl (C=O) groups excluding carboxylic acids is 1. The van der Waals surface area contributed by atoms with Crippen molar-refractivity contribution in [1.29, 1.82) is 0 Å². The van der Waals surface area contributed by atoms with Crippen LogP contribution in [0.25, 0.3) is 17.1 Å². The second-order valence-electron chi connectivity index (χ2n) is 8.33. The second kappa shape index (κ2) is 8.03. The molecule has 0 radical (unpaired) electrons. The number of carbonyl (C=O) groups is 1. The lowest BCUT2D eigenvalue weighted by Crippen LogP contribution is -2.43. The Morgan fingerprint density at radius 3 is 2.28 bits per heavy atom. The molecule has 3 aromatic rings. The fourth-order valence-electron chi connectivity index (χ4n) is 3.26. The minimum absolute atomic E-state index is 0.101. The van der Waals surface area contributed by atoms with Crippen molar-refractivity contribution < 1.29 is 4.79 Å². The van der Waals surface area contributed by atoms with Gasteiger partial charge < -0.3 is 4.90 Å². The van der Waals surface area contributed by atoms with Gasteiger partial charge in [-0.1, -0.05) is 75.0 Å². The maximum atomic E-state index is 12.3. The van der Waals surface area contributed by atoms with Gasteiger partial charge in [-0.2, -0.15) is 0 Å². The lowest BCUT2D eigenvalue weighted by Gasteiger charge is -2.30. The van der Waals surface area contributed by atoms with Gasteiger partial charge in [0.25, 0.3) is 0 Å². The summed E-state index contributed by atoms with van der Waals surface area (Å²) in [4.78, 5) is 14.2. The first-order valence-electron chi connectivity index (χ1n) is 9.96. The van der Waals surface area contributed by atoms with Crippen LogP contribution in [0.3, 0.4) is 0 Å². The molecule has 0 unspecified atom stereocenters. The van der Waals surface area contributed by atoms with Crippen LogP contribution in [0.2, 0.25) is 0 Å². The van der Waals surface area contributed by atoms with Gasteiger partial charge >= 0.3 is 0 Å². The molecule has 1 amide bonds. The molecule has 1 aliphatic rings. The van der Waals surface area contributed by atoms with Crippen LogP contribution in [0.5, 0.6) is 0 Å². The first kappa shape index (κ1) is 19.7. The number of aromatic nitrogens is 3. The Morgan fingerprint density at radius 1 is 1.00 bits per heavy atom. The number of likely N-dealkylation sites (tertiary alicyclic amines) is 1. The summed E-state index contributed by atoms with van der Waals surface area (Å²) in [6.45, 7) is 8.36. The maximum absolute atomic E-state index is 12.3. The summed E-state index contributed by atoms with van der Waals surface area (Å²) in [5, 5.41) is 9.64. The Bertz CT molecular complexity index is 986. The summed E-state index contributed by atoms with van der Waals surface area (Å²) in [7, 11) is 0. The minimum atomic E-state index is 0.101. The first-order valence-corrected chi connectivity index (χ1v) is 10.9. The molecule has 1 saturated heterocycles. The van der Waals surface area contributed by atoms with Gasteiger partial charge in [0, 0.05) is 24.3 Å². The van der Waals surface area contributed by atoms with Crippen LogP contribution < -0.4 is 0 Å². The molecule has 0 N–H and O–H groups in total. The standard InChI is InChI=1S/C23H26N4OS/c1-23(2,3)18-12-10-17(11-13-18)21-24-25-22(27(21)19-8-5-4-6-9-19)29-16-20(28)26-14-7-15-26/h4-6,8-13H,7,14-16H2,1-3H3. The molecule has 2 heterocycles. The third-order valence-electron chi connectivity index (χ3n) is 5.19. The molecular formula is C23H26N4OS. The SMILES string of the molecule is CC(C)(C)c1ccc(-c2nnc(SCC(=O)N3CCC3)n2-c2ccccc2)cc1. The average Bonchev–Trinajstić information content (AvgIpc) is 3.09. The van der Waals surface area contributed by atoms with Crippen molar-refractivity contribution >= 4 is 17.7 Å². The zero-order valence-corrected chi connectivity index (χ0v) is 17.9. The van der Waals surface area contributed by atoms with Crippen LogP contribution in [-0.4, -0.2) is 44.4 Å². The minimum Gasteiger partial charge on any atom is -0.342 e. The predicted molar refractivity (Wildman–Crippen MR) is 117 cm³/mol. The largest absolute Gasteiger partial charge is 0.342 e. The Hall–Kier alpha value is -2.60. The summed E-state index contributed by atoms with van der Waals surface area (Å²) in [6, 6.07) is 18.6. The number of nitrogens with zero attached hydrogens (tertiary/aromatic N) is 4. The number of hydrogen-bond donors (Lipinski definition) is 0. The first-order chi connectivity index (χ1) is 13.9. The average molecular weight is 407 g/mol. The highest BCUT2D eigenvalue weighted by Crippen LogP contribution is 2.30. The zero-order chi connectivity index (χ0) is 20.4. The number of para-hydroxylation sites is 1. The molecular weight excluding hydrogens is 380 g/mol. The number of thioether (sulfide) groups is 1. The van der Waals surface area contributed by atoms with E-state index in [-0.39, 0.29) is 11.3 Å².